The quantitative estimate of drug-likeness (QED) is 0.398. The minimum Gasteiger partial charge on any atom is -0.495 e. The van der Waals surface area contributed by atoms with Crippen molar-refractivity contribution in [3.63, 3.8) is 0 Å². The van der Waals surface area contributed by atoms with Crippen molar-refractivity contribution in [2.24, 2.45) is 0 Å². The fourth-order valence-corrected chi connectivity index (χ4v) is 2.69. The summed E-state index contributed by atoms with van der Waals surface area (Å²) in [6.45, 7) is 2.25. The number of anilines is 1. The van der Waals surface area contributed by atoms with E-state index in [-0.39, 0.29) is 11.4 Å². The van der Waals surface area contributed by atoms with Crippen molar-refractivity contribution >= 4 is 35.0 Å². The van der Waals surface area contributed by atoms with Gasteiger partial charge in [0.1, 0.15) is 5.75 Å². The lowest BCUT2D eigenvalue weighted by molar-refractivity contribution is -0.384. The molecule has 8 nitrogen and oxygen atoms in total. The normalized spacial score (nSPS) is 10.6. The molecule has 148 valence electrons. The van der Waals surface area contributed by atoms with Gasteiger partial charge in [-0.2, -0.15) is 0 Å². The first kappa shape index (κ1) is 21.0. The Morgan fingerprint density at radius 3 is 2.57 bits per heavy atom. The van der Waals surface area contributed by atoms with E-state index in [1.165, 1.54) is 44.6 Å². The lowest BCUT2D eigenvalue weighted by Crippen LogP contribution is -2.09. The maximum Gasteiger partial charge on any atom is 0.271 e. The number of carbonyl (C=O) groups is 1. The molecule has 2 rings (SSSR count). The molecule has 1 amide bonds. The van der Waals surface area contributed by atoms with Gasteiger partial charge in [-0.25, -0.2) is 0 Å². The zero-order chi connectivity index (χ0) is 20.7. The summed E-state index contributed by atoms with van der Waals surface area (Å²) in [4.78, 5) is 22.6. The van der Waals surface area contributed by atoms with Crippen molar-refractivity contribution in [3.05, 3.63) is 57.1 Å². The third-order valence-electron chi connectivity index (χ3n) is 3.61. The Kier molecular flexibility index (Phi) is 7.22. The average Bonchev–Trinajstić information content (AvgIpc) is 2.66. The van der Waals surface area contributed by atoms with Gasteiger partial charge in [-0.3, -0.25) is 14.9 Å². The van der Waals surface area contributed by atoms with Gasteiger partial charge in [0.25, 0.3) is 5.69 Å². The van der Waals surface area contributed by atoms with E-state index < -0.39 is 10.8 Å². The van der Waals surface area contributed by atoms with Gasteiger partial charge in [-0.05, 0) is 36.8 Å². The number of ether oxygens (including phenoxy) is 3. The van der Waals surface area contributed by atoms with E-state index in [1.54, 1.807) is 12.1 Å². The Balaban J connectivity index is 2.23. The first-order chi connectivity index (χ1) is 13.4. The average molecular weight is 407 g/mol. The number of nitro benzene ring substituents is 1. The number of nitro groups is 1. The Bertz CT molecular complexity index is 914. The third-order valence-corrected chi connectivity index (χ3v) is 3.90. The van der Waals surface area contributed by atoms with Crippen LogP contribution in [0.25, 0.3) is 6.08 Å². The van der Waals surface area contributed by atoms with Crippen LogP contribution in [0.2, 0.25) is 5.02 Å². The van der Waals surface area contributed by atoms with Gasteiger partial charge < -0.3 is 19.5 Å². The Morgan fingerprint density at radius 2 is 1.96 bits per heavy atom. The molecule has 0 fully saturated rings. The lowest BCUT2D eigenvalue weighted by atomic mass is 10.2. The van der Waals surface area contributed by atoms with Crippen LogP contribution >= 0.6 is 11.6 Å². The Hall–Kier alpha value is -3.26. The van der Waals surface area contributed by atoms with Crippen molar-refractivity contribution < 1.29 is 23.9 Å². The topological polar surface area (TPSA) is 99.9 Å². The number of methoxy groups -OCH3 is 2. The Morgan fingerprint density at radius 1 is 1.21 bits per heavy atom. The predicted molar refractivity (Wildman–Crippen MR) is 106 cm³/mol. The van der Waals surface area contributed by atoms with Crippen LogP contribution < -0.4 is 19.5 Å². The number of amides is 1. The number of nitrogens with zero attached hydrogens (tertiary/aromatic N) is 1. The molecule has 0 aromatic heterocycles. The molecule has 0 saturated carbocycles. The van der Waals surface area contributed by atoms with E-state index in [0.717, 1.165) is 0 Å². The maximum absolute atomic E-state index is 12.2. The van der Waals surface area contributed by atoms with E-state index in [2.05, 4.69) is 5.32 Å². The molecule has 9 heteroatoms. The van der Waals surface area contributed by atoms with Crippen LogP contribution in [0.4, 0.5) is 11.4 Å². The molecule has 0 atom stereocenters. The third kappa shape index (κ3) is 5.14. The van der Waals surface area contributed by atoms with Gasteiger partial charge in [-0.15, -0.1) is 0 Å². The molecule has 0 aliphatic carbocycles. The first-order valence-electron chi connectivity index (χ1n) is 8.21. The number of carbonyl (C=O) groups excluding carboxylic acids is 1. The highest BCUT2D eigenvalue weighted by atomic mass is 35.5. The van der Waals surface area contributed by atoms with Crippen LogP contribution in [0, 0.1) is 10.1 Å². The highest BCUT2D eigenvalue weighted by molar-refractivity contribution is 6.32. The van der Waals surface area contributed by atoms with Crippen LogP contribution in [-0.4, -0.2) is 31.7 Å². The fourth-order valence-electron chi connectivity index (χ4n) is 2.40. The second-order valence-electron chi connectivity index (χ2n) is 5.43. The molecule has 0 bridgehead atoms. The standard InChI is InChI=1S/C19H19ClN2O6/c1-4-28-17-10-12(9-14(20)19(17)27-3)5-8-18(23)21-15-11-13(22(24)25)6-7-16(15)26-2/h5-11H,4H2,1-3H3,(H,21,23)/b8-5+. The largest absolute Gasteiger partial charge is 0.495 e. The molecule has 0 aliphatic rings. The van der Waals surface area contributed by atoms with Gasteiger partial charge in [-0.1, -0.05) is 11.6 Å². The Labute approximate surface area is 166 Å². The zero-order valence-electron chi connectivity index (χ0n) is 15.5. The summed E-state index contributed by atoms with van der Waals surface area (Å²) in [7, 11) is 2.89. The highest BCUT2D eigenvalue weighted by Crippen LogP contribution is 2.36. The number of hydrogen-bond acceptors (Lipinski definition) is 6. The SMILES string of the molecule is CCOc1cc(/C=C/C(=O)Nc2cc([N+](=O)[O-])ccc2OC)cc(Cl)c1OC. The molecular weight excluding hydrogens is 388 g/mol. The van der Waals surface area contributed by atoms with Gasteiger partial charge in [0.05, 0.1) is 36.5 Å². The molecule has 2 aromatic rings. The molecule has 28 heavy (non-hydrogen) atoms. The summed E-state index contributed by atoms with van der Waals surface area (Å²) in [5.41, 5.74) is 0.646. The molecule has 0 saturated heterocycles. The van der Waals surface area contributed by atoms with E-state index in [9.17, 15) is 14.9 Å². The predicted octanol–water partition coefficient (Wildman–Crippen LogP) is 4.32. The summed E-state index contributed by atoms with van der Waals surface area (Å²) in [5, 5.41) is 13.8. The van der Waals surface area contributed by atoms with Crippen molar-refractivity contribution in [2.45, 2.75) is 6.92 Å². The second kappa shape index (κ2) is 9.61. The van der Waals surface area contributed by atoms with Gasteiger partial charge in [0, 0.05) is 18.2 Å². The molecular formula is C19H19ClN2O6. The van der Waals surface area contributed by atoms with Gasteiger partial charge >= 0.3 is 0 Å². The monoisotopic (exact) mass is 406 g/mol. The fraction of sp³-hybridized carbons (Fsp3) is 0.211. The van der Waals surface area contributed by atoms with Crippen molar-refractivity contribution in [2.75, 3.05) is 26.1 Å². The van der Waals surface area contributed by atoms with Crippen molar-refractivity contribution in [1.82, 2.24) is 0 Å². The molecule has 2 aromatic carbocycles. The van der Waals surface area contributed by atoms with E-state index in [1.807, 2.05) is 6.92 Å². The molecule has 0 spiro atoms. The van der Waals surface area contributed by atoms with Gasteiger partial charge in [0.15, 0.2) is 11.5 Å². The summed E-state index contributed by atoms with van der Waals surface area (Å²) < 4.78 is 15.8. The first-order valence-corrected chi connectivity index (χ1v) is 8.59. The number of nitrogens with one attached hydrogen (secondary N) is 1. The zero-order valence-corrected chi connectivity index (χ0v) is 16.3. The van der Waals surface area contributed by atoms with Crippen LogP contribution in [0.1, 0.15) is 12.5 Å². The molecule has 0 heterocycles. The van der Waals surface area contributed by atoms with E-state index >= 15 is 0 Å². The second-order valence-corrected chi connectivity index (χ2v) is 5.84. The van der Waals surface area contributed by atoms with E-state index in [0.29, 0.717) is 34.4 Å². The smallest absolute Gasteiger partial charge is 0.271 e. The molecule has 1 N–H and O–H groups in total. The van der Waals surface area contributed by atoms with Crippen molar-refractivity contribution in [1.29, 1.82) is 0 Å². The highest BCUT2D eigenvalue weighted by Gasteiger charge is 2.13. The minimum absolute atomic E-state index is 0.164. The minimum atomic E-state index is -0.556. The number of non-ortho nitro benzene ring substituents is 1. The number of halogens is 1. The molecule has 0 unspecified atom stereocenters. The summed E-state index contributed by atoms with van der Waals surface area (Å²) in [6.07, 6.45) is 2.80. The van der Waals surface area contributed by atoms with Crippen LogP contribution in [0.3, 0.4) is 0 Å². The van der Waals surface area contributed by atoms with Crippen LogP contribution in [0.5, 0.6) is 17.2 Å². The number of rotatable bonds is 8. The number of hydrogen-bond donors (Lipinski definition) is 1. The molecule has 0 radical (unpaired) electrons. The van der Waals surface area contributed by atoms with Crippen LogP contribution in [0.15, 0.2) is 36.4 Å². The van der Waals surface area contributed by atoms with Gasteiger partial charge in [0.2, 0.25) is 5.91 Å². The van der Waals surface area contributed by atoms with Crippen LogP contribution in [-0.2, 0) is 4.79 Å². The summed E-state index contributed by atoms with van der Waals surface area (Å²) >= 11 is 6.18. The maximum atomic E-state index is 12.2. The van der Waals surface area contributed by atoms with E-state index in [4.69, 9.17) is 25.8 Å². The number of benzene rings is 2. The molecule has 0 aliphatic heterocycles. The summed E-state index contributed by atoms with van der Waals surface area (Å²) in [6, 6.07) is 7.24. The summed E-state index contributed by atoms with van der Waals surface area (Å²) in [5.74, 6) is 0.673. The lowest BCUT2D eigenvalue weighted by Gasteiger charge is -2.12. The van der Waals surface area contributed by atoms with Crippen molar-refractivity contribution in [3.8, 4) is 17.2 Å².